The van der Waals surface area contributed by atoms with Crippen LogP contribution in [0.1, 0.15) is 34.6 Å². The summed E-state index contributed by atoms with van der Waals surface area (Å²) in [4.78, 5) is 12.0. The first kappa shape index (κ1) is 12.9. The highest BCUT2D eigenvalue weighted by Crippen LogP contribution is 2.23. The van der Waals surface area contributed by atoms with Crippen LogP contribution in [0.5, 0.6) is 0 Å². The lowest BCUT2D eigenvalue weighted by Gasteiger charge is -2.15. The maximum atomic E-state index is 12.0. The Hall–Kier alpha value is -1.55. The van der Waals surface area contributed by atoms with Crippen molar-refractivity contribution in [3.8, 4) is 0 Å². The smallest absolute Gasteiger partial charge is 0.287 e. The van der Waals surface area contributed by atoms with Crippen molar-refractivity contribution in [1.29, 1.82) is 0 Å². The molecule has 1 N–H and O–H groups in total. The molecule has 3 nitrogen and oxygen atoms in total. The summed E-state index contributed by atoms with van der Waals surface area (Å²) in [6.45, 7) is 3.79. The number of carbonyl (C=O) groups is 1. The molecule has 2 aromatic rings. The second-order valence-electron chi connectivity index (χ2n) is 4.15. The summed E-state index contributed by atoms with van der Waals surface area (Å²) in [6, 6.07) is 9.51. The fourth-order valence-corrected chi connectivity index (χ4v) is 2.40. The van der Waals surface area contributed by atoms with Gasteiger partial charge >= 0.3 is 0 Å². The van der Waals surface area contributed by atoms with Crippen molar-refractivity contribution in [3.05, 3.63) is 58.0 Å². The molecule has 0 aliphatic carbocycles. The lowest BCUT2D eigenvalue weighted by atomic mass is 10.1. The Kier molecular flexibility index (Phi) is 3.87. The van der Waals surface area contributed by atoms with Crippen LogP contribution in [0.2, 0.25) is 0 Å². The molecule has 0 fully saturated rings. The van der Waals surface area contributed by atoms with Crippen molar-refractivity contribution in [3.63, 3.8) is 0 Å². The SMILES string of the molecule is Cc1ccoc1C(=O)NC(C)c1ccccc1Br. The van der Waals surface area contributed by atoms with Crippen molar-refractivity contribution in [2.24, 2.45) is 0 Å². The van der Waals surface area contributed by atoms with Gasteiger partial charge in [-0.3, -0.25) is 4.79 Å². The molecule has 0 saturated heterocycles. The van der Waals surface area contributed by atoms with Gasteiger partial charge in [0.1, 0.15) is 0 Å². The molecule has 0 aliphatic heterocycles. The first-order valence-electron chi connectivity index (χ1n) is 5.69. The third-order valence-electron chi connectivity index (χ3n) is 2.79. The van der Waals surface area contributed by atoms with Gasteiger partial charge in [0.25, 0.3) is 5.91 Å². The van der Waals surface area contributed by atoms with Gasteiger partial charge in [-0.2, -0.15) is 0 Å². The summed E-state index contributed by atoms with van der Waals surface area (Å²) >= 11 is 3.48. The second kappa shape index (κ2) is 5.40. The molecule has 1 unspecified atom stereocenters. The lowest BCUT2D eigenvalue weighted by molar-refractivity contribution is 0.0911. The van der Waals surface area contributed by atoms with Crippen molar-refractivity contribution in [2.45, 2.75) is 19.9 Å². The van der Waals surface area contributed by atoms with Crippen LogP contribution in [0.4, 0.5) is 0 Å². The van der Waals surface area contributed by atoms with Gasteiger partial charge in [-0.25, -0.2) is 0 Å². The average molecular weight is 308 g/mol. The molecule has 1 aromatic carbocycles. The Labute approximate surface area is 114 Å². The summed E-state index contributed by atoms with van der Waals surface area (Å²) in [5, 5.41) is 2.92. The Morgan fingerprint density at radius 1 is 1.33 bits per heavy atom. The first-order chi connectivity index (χ1) is 8.59. The summed E-state index contributed by atoms with van der Waals surface area (Å²) in [6.07, 6.45) is 1.52. The van der Waals surface area contributed by atoms with Gasteiger partial charge in [0.2, 0.25) is 0 Å². The maximum Gasteiger partial charge on any atom is 0.287 e. The molecule has 2 rings (SSSR count). The van der Waals surface area contributed by atoms with E-state index in [1.165, 1.54) is 6.26 Å². The minimum absolute atomic E-state index is 0.0856. The van der Waals surface area contributed by atoms with E-state index in [2.05, 4.69) is 21.2 Å². The first-order valence-corrected chi connectivity index (χ1v) is 6.48. The second-order valence-corrected chi connectivity index (χ2v) is 5.00. The van der Waals surface area contributed by atoms with Gasteiger partial charge in [-0.15, -0.1) is 0 Å². The van der Waals surface area contributed by atoms with Crippen LogP contribution >= 0.6 is 15.9 Å². The van der Waals surface area contributed by atoms with Crippen LogP contribution in [0, 0.1) is 6.92 Å². The van der Waals surface area contributed by atoms with Crippen LogP contribution in [0.25, 0.3) is 0 Å². The van der Waals surface area contributed by atoms with Crippen LogP contribution in [0.3, 0.4) is 0 Å². The van der Waals surface area contributed by atoms with Crippen LogP contribution in [0.15, 0.2) is 45.5 Å². The van der Waals surface area contributed by atoms with Crippen molar-refractivity contribution in [1.82, 2.24) is 5.32 Å². The van der Waals surface area contributed by atoms with Gasteiger partial charge < -0.3 is 9.73 Å². The minimum Gasteiger partial charge on any atom is -0.459 e. The van der Waals surface area contributed by atoms with Gasteiger partial charge in [0, 0.05) is 10.0 Å². The van der Waals surface area contributed by atoms with E-state index in [0.717, 1.165) is 15.6 Å². The molecule has 0 bridgehead atoms. The van der Waals surface area contributed by atoms with E-state index in [1.807, 2.05) is 38.1 Å². The predicted molar refractivity (Wildman–Crippen MR) is 73.5 cm³/mol. The zero-order valence-corrected chi connectivity index (χ0v) is 11.8. The number of amides is 1. The molecule has 0 spiro atoms. The molecular formula is C14H14BrNO2. The summed E-state index contributed by atoms with van der Waals surface area (Å²) in [5.41, 5.74) is 1.88. The number of hydrogen-bond acceptors (Lipinski definition) is 2. The number of hydrogen-bond donors (Lipinski definition) is 1. The molecule has 94 valence electrons. The molecule has 1 amide bonds. The van der Waals surface area contributed by atoms with E-state index in [1.54, 1.807) is 6.07 Å². The van der Waals surface area contributed by atoms with Gasteiger partial charge in [-0.05, 0) is 31.5 Å². The summed E-state index contributed by atoms with van der Waals surface area (Å²) in [7, 11) is 0. The Morgan fingerprint density at radius 3 is 2.67 bits per heavy atom. The zero-order chi connectivity index (χ0) is 13.1. The molecular weight excluding hydrogens is 294 g/mol. The number of aryl methyl sites for hydroxylation is 1. The number of nitrogens with one attached hydrogen (secondary N) is 1. The highest BCUT2D eigenvalue weighted by atomic mass is 79.9. The number of benzene rings is 1. The van der Waals surface area contributed by atoms with E-state index in [-0.39, 0.29) is 11.9 Å². The van der Waals surface area contributed by atoms with Crippen molar-refractivity contribution in [2.75, 3.05) is 0 Å². The Balaban J connectivity index is 2.13. The molecule has 0 radical (unpaired) electrons. The Bertz CT molecular complexity index is 562. The van der Waals surface area contributed by atoms with Gasteiger partial charge in [0.05, 0.1) is 12.3 Å². The molecule has 1 atom stereocenters. The highest BCUT2D eigenvalue weighted by molar-refractivity contribution is 9.10. The van der Waals surface area contributed by atoms with E-state index < -0.39 is 0 Å². The van der Waals surface area contributed by atoms with Gasteiger partial charge in [0.15, 0.2) is 5.76 Å². The van der Waals surface area contributed by atoms with Crippen LogP contribution in [-0.4, -0.2) is 5.91 Å². The monoisotopic (exact) mass is 307 g/mol. The minimum atomic E-state index is -0.194. The summed E-state index contributed by atoms with van der Waals surface area (Å²) in [5.74, 6) is 0.176. The standard InChI is InChI=1S/C14H14BrNO2/c1-9-7-8-18-13(9)14(17)16-10(2)11-5-3-4-6-12(11)15/h3-8,10H,1-2H3,(H,16,17). The Morgan fingerprint density at radius 2 is 2.06 bits per heavy atom. The molecule has 1 aromatic heterocycles. The fourth-order valence-electron chi connectivity index (χ4n) is 1.77. The largest absolute Gasteiger partial charge is 0.459 e. The van der Waals surface area contributed by atoms with Crippen molar-refractivity contribution >= 4 is 21.8 Å². The molecule has 4 heteroatoms. The molecule has 0 aliphatic rings. The van der Waals surface area contributed by atoms with E-state index in [4.69, 9.17) is 4.42 Å². The maximum absolute atomic E-state index is 12.0. The van der Waals surface area contributed by atoms with Crippen molar-refractivity contribution < 1.29 is 9.21 Å². The fraction of sp³-hybridized carbons (Fsp3) is 0.214. The van der Waals surface area contributed by atoms with Crippen LogP contribution in [-0.2, 0) is 0 Å². The summed E-state index contributed by atoms with van der Waals surface area (Å²) < 4.78 is 6.15. The molecule has 0 saturated carbocycles. The quantitative estimate of drug-likeness (QED) is 0.936. The highest BCUT2D eigenvalue weighted by Gasteiger charge is 2.17. The van der Waals surface area contributed by atoms with Crippen LogP contribution < -0.4 is 5.32 Å². The third-order valence-corrected chi connectivity index (χ3v) is 3.51. The normalized spacial score (nSPS) is 12.2. The lowest BCUT2D eigenvalue weighted by Crippen LogP contribution is -2.27. The van der Waals surface area contributed by atoms with E-state index in [0.29, 0.717) is 5.76 Å². The number of furan rings is 1. The van der Waals surface area contributed by atoms with E-state index in [9.17, 15) is 4.79 Å². The zero-order valence-electron chi connectivity index (χ0n) is 10.2. The molecule has 18 heavy (non-hydrogen) atoms. The third kappa shape index (κ3) is 2.64. The number of carbonyl (C=O) groups excluding carboxylic acids is 1. The average Bonchev–Trinajstić information content (AvgIpc) is 2.76. The van der Waals surface area contributed by atoms with Gasteiger partial charge in [-0.1, -0.05) is 34.1 Å². The van der Waals surface area contributed by atoms with E-state index >= 15 is 0 Å². The number of halogens is 1. The molecule has 1 heterocycles. The predicted octanol–water partition coefficient (Wildman–Crippen LogP) is 3.84. The number of rotatable bonds is 3. The topological polar surface area (TPSA) is 42.2 Å².